The van der Waals surface area contributed by atoms with Crippen LogP contribution in [0.25, 0.3) is 29.8 Å². The lowest BCUT2D eigenvalue weighted by Gasteiger charge is -2.18. The summed E-state index contributed by atoms with van der Waals surface area (Å²) in [6.45, 7) is 10.1. The van der Waals surface area contributed by atoms with Crippen molar-refractivity contribution in [3.8, 4) is 0 Å². The first-order valence-electron chi connectivity index (χ1n) is 20.7. The predicted octanol–water partition coefficient (Wildman–Crippen LogP) is 11.9. The maximum absolute atomic E-state index is 13.5. The minimum Gasteiger partial charge on any atom is -0.302 e. The summed E-state index contributed by atoms with van der Waals surface area (Å²) in [6.07, 6.45) is 28.7. The third-order valence-corrected chi connectivity index (χ3v) is 13.5. The first-order valence-corrected chi connectivity index (χ1v) is 22.3. The van der Waals surface area contributed by atoms with Gasteiger partial charge in [0.2, 0.25) is 0 Å². The second-order valence-corrected chi connectivity index (χ2v) is 17.3. The van der Waals surface area contributed by atoms with E-state index < -0.39 is 22.0 Å². The molecule has 2 atom stereocenters. The summed E-state index contributed by atoms with van der Waals surface area (Å²) in [5.74, 6) is 0.690. The smallest absolute Gasteiger partial charge is 0.300 e. The second-order valence-electron chi connectivity index (χ2n) is 15.3. The van der Waals surface area contributed by atoms with Crippen LogP contribution in [0.2, 0.25) is 0 Å². The summed E-state index contributed by atoms with van der Waals surface area (Å²) >= 11 is 2.67. The topological polar surface area (TPSA) is 78.1 Å². The van der Waals surface area contributed by atoms with Crippen molar-refractivity contribution in [2.75, 3.05) is 0 Å². The number of hydrogen-bond donors (Lipinski definition) is 0. The van der Waals surface area contributed by atoms with E-state index in [2.05, 4.69) is 27.7 Å². The van der Waals surface area contributed by atoms with Crippen LogP contribution in [0, 0.1) is 11.8 Å². The minimum atomic E-state index is -0.425. The van der Waals surface area contributed by atoms with Gasteiger partial charge < -0.3 is 9.13 Å². The fourth-order valence-corrected chi connectivity index (χ4v) is 10.8. The second kappa shape index (κ2) is 21.5. The van der Waals surface area contributed by atoms with E-state index in [0.29, 0.717) is 45.4 Å². The Balaban J connectivity index is 1.64. The number of rotatable bonds is 28. The molecule has 0 radical (unpaired) electrons. The third kappa shape index (κ3) is 10.5. The van der Waals surface area contributed by atoms with Crippen molar-refractivity contribution >= 4 is 52.5 Å². The highest BCUT2D eigenvalue weighted by atomic mass is 32.1. The summed E-state index contributed by atoms with van der Waals surface area (Å²) in [7, 11) is 0. The molecule has 0 aromatic carbocycles. The van der Waals surface area contributed by atoms with E-state index in [1.807, 2.05) is 0 Å². The van der Waals surface area contributed by atoms with E-state index in [9.17, 15) is 19.2 Å². The Morgan fingerprint density at radius 2 is 0.680 bits per heavy atom. The van der Waals surface area contributed by atoms with Gasteiger partial charge in [0.1, 0.15) is 9.40 Å². The zero-order valence-electron chi connectivity index (χ0n) is 31.9. The Bertz CT molecular complexity index is 1650. The van der Waals surface area contributed by atoms with Gasteiger partial charge in [-0.2, -0.15) is 0 Å². The van der Waals surface area contributed by atoms with Gasteiger partial charge in [0.05, 0.1) is 20.4 Å². The van der Waals surface area contributed by atoms with Crippen molar-refractivity contribution in [2.45, 2.75) is 195 Å². The molecule has 0 bridgehead atoms. The molecule has 0 aliphatic rings. The van der Waals surface area contributed by atoms with E-state index in [0.717, 1.165) is 60.8 Å². The molecule has 0 aliphatic heterocycles. The maximum atomic E-state index is 13.5. The van der Waals surface area contributed by atoms with Crippen molar-refractivity contribution in [1.29, 1.82) is 0 Å². The van der Waals surface area contributed by atoms with Crippen LogP contribution >= 0.6 is 22.7 Å². The molecule has 0 fully saturated rings. The molecule has 0 spiro atoms. The molecule has 2 unspecified atom stereocenters. The molecule has 8 heteroatoms. The van der Waals surface area contributed by atoms with Crippen LogP contribution in [0.1, 0.15) is 182 Å². The van der Waals surface area contributed by atoms with Crippen LogP contribution in [0.5, 0.6) is 0 Å². The van der Waals surface area contributed by atoms with Crippen molar-refractivity contribution in [1.82, 2.24) is 9.13 Å². The first kappa shape index (κ1) is 40.7. The highest BCUT2D eigenvalue weighted by Crippen LogP contribution is 2.42. The Morgan fingerprint density at radius 3 is 1.00 bits per heavy atom. The van der Waals surface area contributed by atoms with Gasteiger partial charge in [-0.05, 0) is 37.5 Å². The van der Waals surface area contributed by atoms with Crippen LogP contribution in [0.15, 0.2) is 19.2 Å². The van der Waals surface area contributed by atoms with Crippen molar-refractivity contribution in [3.05, 3.63) is 41.2 Å². The third-order valence-electron chi connectivity index (χ3n) is 11.1. The Kier molecular flexibility index (Phi) is 17.5. The standard InChI is InChI=1S/C42H66N2O4S2/c1-5-9-13-17-19-23-27-31(25-21-15-11-7-3)29-43-33-37(35(45)41(43)47)49-40-34-38(50-39(33)40)36(46)42(48)44(34)30-32(26-22-16-12-8-4)28-24-20-18-14-10-6-2/h31-32H,5-30H2,1-4H3. The fourth-order valence-electron chi connectivity index (χ4n) is 8.02. The van der Waals surface area contributed by atoms with Gasteiger partial charge in [-0.3, -0.25) is 19.2 Å². The molecular weight excluding hydrogens is 661 g/mol. The molecule has 4 aromatic rings. The molecule has 0 aliphatic carbocycles. The minimum absolute atomic E-state index is 0.345. The van der Waals surface area contributed by atoms with E-state index >= 15 is 0 Å². The van der Waals surface area contributed by atoms with Gasteiger partial charge in [-0.1, -0.05) is 156 Å². The highest BCUT2D eigenvalue weighted by molar-refractivity contribution is 7.36. The molecular formula is C42H66N2O4S2. The molecule has 4 aromatic heterocycles. The van der Waals surface area contributed by atoms with Crippen molar-refractivity contribution < 1.29 is 0 Å². The Hall–Kier alpha value is -2.06. The van der Waals surface area contributed by atoms with Crippen LogP contribution in [-0.2, 0) is 13.1 Å². The lowest BCUT2D eigenvalue weighted by Crippen LogP contribution is -2.29. The molecule has 0 saturated heterocycles. The van der Waals surface area contributed by atoms with Crippen LogP contribution in [0.4, 0.5) is 0 Å². The van der Waals surface area contributed by atoms with Gasteiger partial charge in [0, 0.05) is 13.1 Å². The summed E-state index contributed by atoms with van der Waals surface area (Å²) in [5.41, 5.74) is -0.272. The average molecular weight is 727 g/mol. The number of aromatic nitrogens is 2. The molecule has 280 valence electrons. The molecule has 4 heterocycles. The van der Waals surface area contributed by atoms with Crippen molar-refractivity contribution in [2.24, 2.45) is 11.8 Å². The van der Waals surface area contributed by atoms with Crippen LogP contribution in [-0.4, -0.2) is 9.13 Å². The largest absolute Gasteiger partial charge is 0.302 e. The summed E-state index contributed by atoms with van der Waals surface area (Å²) in [4.78, 5) is 54.0. The summed E-state index contributed by atoms with van der Waals surface area (Å²) in [5, 5.41) is 0. The van der Waals surface area contributed by atoms with Crippen molar-refractivity contribution in [3.63, 3.8) is 0 Å². The van der Waals surface area contributed by atoms with Gasteiger partial charge >= 0.3 is 0 Å². The molecule has 4 rings (SSSR count). The van der Waals surface area contributed by atoms with Gasteiger partial charge in [0.25, 0.3) is 22.0 Å². The molecule has 50 heavy (non-hydrogen) atoms. The highest BCUT2D eigenvalue weighted by Gasteiger charge is 2.28. The SMILES string of the molecule is CCCCCCCCC(CCCCCC)Cn1c(=O)c(=O)c2sc3c(sc4c(=O)c(=O)n(CC(CCCCCC)CCCCCCCC)c43)c21. The molecule has 0 N–H and O–H groups in total. The zero-order valence-corrected chi connectivity index (χ0v) is 33.5. The van der Waals surface area contributed by atoms with E-state index in [1.54, 1.807) is 9.13 Å². The zero-order chi connectivity index (χ0) is 35.9. The van der Waals surface area contributed by atoms with Crippen LogP contribution < -0.4 is 22.0 Å². The summed E-state index contributed by atoms with van der Waals surface area (Å²) < 4.78 is 6.21. The molecule has 0 amide bonds. The maximum Gasteiger partial charge on any atom is 0.300 e. The first-order chi connectivity index (χ1) is 24.4. The quantitative estimate of drug-likeness (QED) is 0.0431. The number of nitrogens with zero attached hydrogens (tertiary/aromatic N) is 2. The van der Waals surface area contributed by atoms with E-state index in [4.69, 9.17) is 0 Å². The Labute approximate surface area is 308 Å². The number of thiophene rings is 2. The van der Waals surface area contributed by atoms with Crippen LogP contribution in [0.3, 0.4) is 0 Å². The predicted molar refractivity (Wildman–Crippen MR) is 219 cm³/mol. The van der Waals surface area contributed by atoms with Gasteiger partial charge in [-0.25, -0.2) is 0 Å². The number of unbranched alkanes of at least 4 members (excludes halogenated alkanes) is 16. The molecule has 6 nitrogen and oxygen atoms in total. The lowest BCUT2D eigenvalue weighted by molar-refractivity contribution is 0.359. The van der Waals surface area contributed by atoms with Gasteiger partial charge in [0.15, 0.2) is 0 Å². The fraction of sp³-hybridized carbons (Fsp3) is 0.762. The lowest BCUT2D eigenvalue weighted by atomic mass is 9.94. The Morgan fingerprint density at radius 1 is 0.400 bits per heavy atom. The monoisotopic (exact) mass is 726 g/mol. The number of hydrogen-bond acceptors (Lipinski definition) is 6. The van der Waals surface area contributed by atoms with E-state index in [1.165, 1.54) is 125 Å². The summed E-state index contributed by atoms with van der Waals surface area (Å²) in [6, 6.07) is 0. The normalized spacial score (nSPS) is 13.4. The van der Waals surface area contributed by atoms with Gasteiger partial charge in [-0.15, -0.1) is 22.7 Å². The average Bonchev–Trinajstić information content (AvgIpc) is 3.79. The number of fused-ring (bicyclic) bond motifs is 5. The van der Waals surface area contributed by atoms with E-state index in [-0.39, 0.29) is 0 Å². The molecule has 0 saturated carbocycles.